The number of amides is 1. The second-order valence-electron chi connectivity index (χ2n) is 6.38. The van der Waals surface area contributed by atoms with Crippen LogP contribution < -0.4 is 10.6 Å². The van der Waals surface area contributed by atoms with Crippen LogP contribution >= 0.6 is 0 Å². The highest BCUT2D eigenvalue weighted by molar-refractivity contribution is 5.90. The molecule has 0 spiro atoms. The summed E-state index contributed by atoms with van der Waals surface area (Å²) >= 11 is 0. The second-order valence-corrected chi connectivity index (χ2v) is 6.38. The first kappa shape index (κ1) is 14.4. The summed E-state index contributed by atoms with van der Waals surface area (Å²) in [5.41, 5.74) is 1.28. The van der Waals surface area contributed by atoms with Gasteiger partial charge in [-0.05, 0) is 31.4 Å². The number of aromatic nitrogens is 3. The first-order chi connectivity index (χ1) is 11.3. The van der Waals surface area contributed by atoms with Crippen LogP contribution in [0.4, 0.5) is 0 Å². The van der Waals surface area contributed by atoms with Crippen LogP contribution in [-0.4, -0.2) is 39.8 Å². The number of nitrogens with zero attached hydrogens (tertiary/aromatic N) is 3. The number of carbonyl (C=O) groups is 1. The first-order valence-electron chi connectivity index (χ1n) is 8.29. The molecule has 1 aliphatic carbocycles. The lowest BCUT2D eigenvalue weighted by Crippen LogP contribution is -2.32. The predicted octanol–water partition coefficient (Wildman–Crippen LogP) is 1.49. The van der Waals surface area contributed by atoms with Gasteiger partial charge in [-0.15, -0.1) is 5.10 Å². The molecule has 2 N–H and O–H groups in total. The number of nitrogens with one attached hydrogen (secondary N) is 2. The molecule has 1 amide bonds. The third-order valence-corrected chi connectivity index (χ3v) is 4.69. The Kier molecular flexibility index (Phi) is 3.83. The summed E-state index contributed by atoms with van der Waals surface area (Å²) in [7, 11) is 0. The van der Waals surface area contributed by atoms with E-state index >= 15 is 0 Å². The van der Waals surface area contributed by atoms with Crippen molar-refractivity contribution < 1.29 is 4.79 Å². The van der Waals surface area contributed by atoms with Gasteiger partial charge in [0, 0.05) is 18.5 Å². The van der Waals surface area contributed by atoms with Gasteiger partial charge in [0.1, 0.15) is 6.33 Å². The molecule has 1 saturated heterocycles. The van der Waals surface area contributed by atoms with Crippen LogP contribution in [0, 0.1) is 0 Å². The largest absolute Gasteiger partial charge is 0.346 e. The molecule has 0 bridgehead atoms. The zero-order valence-electron chi connectivity index (χ0n) is 13.0. The van der Waals surface area contributed by atoms with Gasteiger partial charge in [0.05, 0.1) is 6.04 Å². The standard InChI is InChI=1S/C17H21N5O/c23-17(20-15-9-14(15)12-5-2-1-3-6-12)16-19-11-22(21-16)13-7-4-8-18-10-13/h1-3,5-6,11,13-15,18H,4,7-10H2,(H,20,23). The van der Waals surface area contributed by atoms with E-state index in [0.717, 1.165) is 32.4 Å². The summed E-state index contributed by atoms with van der Waals surface area (Å²) in [6.07, 6.45) is 4.88. The van der Waals surface area contributed by atoms with Gasteiger partial charge in [-0.3, -0.25) is 4.79 Å². The topological polar surface area (TPSA) is 71.8 Å². The highest BCUT2D eigenvalue weighted by Crippen LogP contribution is 2.40. The minimum absolute atomic E-state index is 0.170. The average molecular weight is 311 g/mol. The molecule has 2 aromatic rings. The van der Waals surface area contributed by atoms with E-state index in [1.165, 1.54) is 5.56 Å². The summed E-state index contributed by atoms with van der Waals surface area (Å²) in [5, 5.41) is 10.8. The molecular formula is C17H21N5O. The van der Waals surface area contributed by atoms with E-state index in [1.807, 2.05) is 22.9 Å². The van der Waals surface area contributed by atoms with Crippen molar-refractivity contribution in [3.8, 4) is 0 Å². The van der Waals surface area contributed by atoms with Gasteiger partial charge in [0.2, 0.25) is 5.82 Å². The Balaban J connectivity index is 1.36. The SMILES string of the molecule is O=C(NC1CC1c1ccccc1)c1ncn(C2CCCNC2)n1. The molecule has 3 atom stereocenters. The average Bonchev–Trinajstić information content (AvgIpc) is 3.19. The smallest absolute Gasteiger partial charge is 0.291 e. The zero-order valence-corrected chi connectivity index (χ0v) is 13.0. The fraction of sp³-hybridized carbons (Fsp3) is 0.471. The van der Waals surface area contributed by atoms with Crippen molar-refractivity contribution in [3.05, 3.63) is 48.0 Å². The number of carbonyl (C=O) groups excluding carboxylic acids is 1. The van der Waals surface area contributed by atoms with Gasteiger partial charge in [0.15, 0.2) is 0 Å². The molecule has 1 aliphatic heterocycles. The number of piperidine rings is 1. The van der Waals surface area contributed by atoms with Crippen molar-refractivity contribution in [2.45, 2.75) is 37.3 Å². The highest BCUT2D eigenvalue weighted by Gasteiger charge is 2.40. The lowest BCUT2D eigenvalue weighted by Gasteiger charge is -2.22. The summed E-state index contributed by atoms with van der Waals surface area (Å²) in [6.45, 7) is 1.95. The minimum Gasteiger partial charge on any atom is -0.346 e. The van der Waals surface area contributed by atoms with E-state index in [4.69, 9.17) is 0 Å². The number of hydrogen-bond acceptors (Lipinski definition) is 4. The van der Waals surface area contributed by atoms with Crippen LogP contribution in [0.25, 0.3) is 0 Å². The second kappa shape index (κ2) is 6.12. The van der Waals surface area contributed by atoms with Crippen molar-refractivity contribution >= 4 is 5.91 Å². The maximum atomic E-state index is 12.3. The third-order valence-electron chi connectivity index (χ3n) is 4.69. The molecule has 2 aliphatic rings. The Morgan fingerprint density at radius 3 is 2.96 bits per heavy atom. The Hall–Kier alpha value is -2.21. The molecule has 23 heavy (non-hydrogen) atoms. The molecular weight excluding hydrogens is 290 g/mol. The van der Waals surface area contributed by atoms with Crippen molar-refractivity contribution in [3.63, 3.8) is 0 Å². The lowest BCUT2D eigenvalue weighted by molar-refractivity contribution is 0.0939. The van der Waals surface area contributed by atoms with Crippen molar-refractivity contribution in [1.82, 2.24) is 25.4 Å². The minimum atomic E-state index is -0.170. The Morgan fingerprint density at radius 1 is 1.30 bits per heavy atom. The van der Waals surface area contributed by atoms with E-state index in [9.17, 15) is 4.79 Å². The Morgan fingerprint density at radius 2 is 2.17 bits per heavy atom. The zero-order chi connectivity index (χ0) is 15.6. The molecule has 2 heterocycles. The van der Waals surface area contributed by atoms with E-state index in [1.54, 1.807) is 6.33 Å². The van der Waals surface area contributed by atoms with Crippen molar-refractivity contribution in [2.75, 3.05) is 13.1 Å². The number of rotatable bonds is 4. The molecule has 1 aromatic carbocycles. The maximum Gasteiger partial charge on any atom is 0.291 e. The fourth-order valence-corrected chi connectivity index (χ4v) is 3.27. The highest BCUT2D eigenvalue weighted by atomic mass is 16.2. The van der Waals surface area contributed by atoms with Crippen LogP contribution in [-0.2, 0) is 0 Å². The van der Waals surface area contributed by atoms with Gasteiger partial charge in [-0.1, -0.05) is 30.3 Å². The first-order valence-corrected chi connectivity index (χ1v) is 8.29. The third kappa shape index (κ3) is 3.12. The fourth-order valence-electron chi connectivity index (χ4n) is 3.27. The van der Waals surface area contributed by atoms with Crippen molar-refractivity contribution in [2.24, 2.45) is 0 Å². The van der Waals surface area contributed by atoms with Gasteiger partial charge in [-0.25, -0.2) is 9.67 Å². The lowest BCUT2D eigenvalue weighted by atomic mass is 10.1. The van der Waals surface area contributed by atoms with Crippen LogP contribution in [0.3, 0.4) is 0 Å². The maximum absolute atomic E-state index is 12.3. The summed E-state index contributed by atoms with van der Waals surface area (Å²) in [5.74, 6) is 0.523. The number of hydrogen-bond donors (Lipinski definition) is 2. The predicted molar refractivity (Wildman–Crippen MR) is 86.2 cm³/mol. The molecule has 6 heteroatoms. The van der Waals surface area contributed by atoms with Crippen LogP contribution in [0.2, 0.25) is 0 Å². The quantitative estimate of drug-likeness (QED) is 0.897. The van der Waals surface area contributed by atoms with Gasteiger partial charge >= 0.3 is 0 Å². The molecule has 1 aromatic heterocycles. The Bertz CT molecular complexity index is 677. The molecule has 3 unspecified atom stereocenters. The Labute approximate surface area is 135 Å². The van der Waals surface area contributed by atoms with Crippen LogP contribution in [0.5, 0.6) is 0 Å². The number of benzene rings is 1. The van der Waals surface area contributed by atoms with Crippen LogP contribution in [0.1, 0.15) is 47.4 Å². The molecule has 2 fully saturated rings. The normalized spacial score (nSPS) is 26.7. The van der Waals surface area contributed by atoms with E-state index < -0.39 is 0 Å². The summed E-state index contributed by atoms with van der Waals surface area (Å²) in [6, 6.07) is 10.8. The van der Waals surface area contributed by atoms with E-state index in [-0.39, 0.29) is 17.8 Å². The molecule has 6 nitrogen and oxygen atoms in total. The van der Waals surface area contributed by atoms with E-state index in [0.29, 0.717) is 12.0 Å². The molecule has 120 valence electrons. The van der Waals surface area contributed by atoms with Crippen LogP contribution in [0.15, 0.2) is 36.7 Å². The van der Waals surface area contributed by atoms with E-state index in [2.05, 4.69) is 32.8 Å². The van der Waals surface area contributed by atoms with Gasteiger partial charge < -0.3 is 10.6 Å². The van der Waals surface area contributed by atoms with Crippen molar-refractivity contribution in [1.29, 1.82) is 0 Å². The summed E-state index contributed by atoms with van der Waals surface area (Å²) < 4.78 is 1.82. The summed E-state index contributed by atoms with van der Waals surface area (Å²) in [4.78, 5) is 16.5. The monoisotopic (exact) mass is 311 g/mol. The molecule has 1 saturated carbocycles. The van der Waals surface area contributed by atoms with Gasteiger partial charge in [-0.2, -0.15) is 0 Å². The van der Waals surface area contributed by atoms with Gasteiger partial charge in [0.25, 0.3) is 5.91 Å². The molecule has 4 rings (SSSR count). The molecule has 0 radical (unpaired) electrons.